The van der Waals surface area contributed by atoms with Crippen LogP contribution in [0.5, 0.6) is 0 Å². The van der Waals surface area contributed by atoms with Crippen molar-refractivity contribution >= 4 is 17.2 Å². The maximum Gasteiger partial charge on any atom is 0.274 e. The van der Waals surface area contributed by atoms with Crippen molar-refractivity contribution in [3.63, 3.8) is 0 Å². The lowest BCUT2D eigenvalue weighted by molar-refractivity contribution is -0.114. The Bertz CT molecular complexity index is 873. The van der Waals surface area contributed by atoms with Crippen LogP contribution in [-0.2, 0) is 4.79 Å². The van der Waals surface area contributed by atoms with Crippen molar-refractivity contribution in [2.45, 2.75) is 0 Å². The molecule has 2 rings (SSSR count). The minimum absolute atomic E-state index is 0.0575. The number of allylic oxidation sites excluding steroid dienone is 1. The highest BCUT2D eigenvalue weighted by Gasteiger charge is 2.31. The summed E-state index contributed by atoms with van der Waals surface area (Å²) in [6.07, 6.45) is 0. The first kappa shape index (κ1) is 18.7. The lowest BCUT2D eigenvalue weighted by atomic mass is 10.0. The van der Waals surface area contributed by atoms with Gasteiger partial charge in [0.05, 0.1) is 43.7 Å². The number of carbonyl (C=O) groups excluding carboxylic acids is 1. The molecular weight excluding hydrogens is 334 g/mol. The van der Waals surface area contributed by atoms with E-state index in [0.717, 1.165) is 5.69 Å². The number of benzene rings is 1. The number of carbonyl (C=O) groups is 1. The maximum atomic E-state index is 12.3. The summed E-state index contributed by atoms with van der Waals surface area (Å²) in [5.74, 6) is -0.544. The van der Waals surface area contributed by atoms with Gasteiger partial charge in [0, 0.05) is 18.8 Å². The summed E-state index contributed by atoms with van der Waals surface area (Å²) in [6, 6.07) is 8.39. The van der Waals surface area contributed by atoms with Crippen LogP contribution in [0.15, 0.2) is 41.4 Å². The molecule has 0 aromatic heterocycles. The minimum atomic E-state index is -0.544. The second kappa shape index (κ2) is 8.46. The monoisotopic (exact) mass is 349 g/mol. The van der Waals surface area contributed by atoms with Gasteiger partial charge in [-0.25, -0.2) is 15.0 Å². The first-order valence-corrected chi connectivity index (χ1v) is 7.63. The van der Waals surface area contributed by atoms with Gasteiger partial charge in [-0.05, 0) is 17.7 Å². The van der Waals surface area contributed by atoms with Crippen molar-refractivity contribution in [1.29, 1.82) is 5.26 Å². The molecule has 26 heavy (non-hydrogen) atoms. The molecule has 0 aliphatic carbocycles. The highest BCUT2D eigenvalue weighted by Crippen LogP contribution is 2.32. The summed E-state index contributed by atoms with van der Waals surface area (Å²) in [5, 5.41) is 29.6. The molecular formula is C18H15N5O3. The van der Waals surface area contributed by atoms with E-state index in [4.69, 9.17) is 28.6 Å². The van der Waals surface area contributed by atoms with Gasteiger partial charge in [-0.3, -0.25) is 4.79 Å². The zero-order chi connectivity index (χ0) is 19.1. The number of nitriles is 1. The first-order valence-electron chi connectivity index (χ1n) is 7.63. The Balaban J connectivity index is 2.48. The number of anilines is 1. The standard InChI is InChI=1S/C18H15N5O3/c1-20-14(11-19)16-17(21-2)15(18(26)22-16)12-3-5-13(6-4-12)23(7-9-24)8-10-25/h3-6,24-25H,7-10H2,(H,22,26)/b16-14+. The highest BCUT2D eigenvalue weighted by molar-refractivity contribution is 6.25. The molecule has 1 aliphatic rings. The predicted octanol–water partition coefficient (Wildman–Crippen LogP) is 0.892. The van der Waals surface area contributed by atoms with Crippen molar-refractivity contribution in [3.05, 3.63) is 69.8 Å². The van der Waals surface area contributed by atoms with Crippen LogP contribution in [0.1, 0.15) is 5.56 Å². The number of hydrogen-bond donors (Lipinski definition) is 3. The zero-order valence-electron chi connectivity index (χ0n) is 13.7. The van der Waals surface area contributed by atoms with Crippen molar-refractivity contribution in [2.24, 2.45) is 0 Å². The lowest BCUT2D eigenvalue weighted by Gasteiger charge is -2.23. The van der Waals surface area contributed by atoms with E-state index in [-0.39, 0.29) is 35.9 Å². The number of rotatable bonds is 6. The number of amides is 1. The van der Waals surface area contributed by atoms with Crippen LogP contribution >= 0.6 is 0 Å². The summed E-state index contributed by atoms with van der Waals surface area (Å²) in [7, 11) is 0. The van der Waals surface area contributed by atoms with Gasteiger partial charge < -0.3 is 20.4 Å². The Hall–Kier alpha value is -3.64. The van der Waals surface area contributed by atoms with Gasteiger partial charge in [-0.2, -0.15) is 0 Å². The van der Waals surface area contributed by atoms with Crippen LogP contribution in [0.4, 0.5) is 5.69 Å². The fourth-order valence-electron chi connectivity index (χ4n) is 2.61. The average molecular weight is 349 g/mol. The summed E-state index contributed by atoms with van der Waals surface area (Å²) < 4.78 is 0. The van der Waals surface area contributed by atoms with Crippen molar-refractivity contribution in [1.82, 2.24) is 5.32 Å². The smallest absolute Gasteiger partial charge is 0.274 e. The zero-order valence-corrected chi connectivity index (χ0v) is 13.7. The highest BCUT2D eigenvalue weighted by atomic mass is 16.3. The lowest BCUT2D eigenvalue weighted by Crippen LogP contribution is -2.29. The third-order valence-electron chi connectivity index (χ3n) is 3.77. The molecule has 1 aromatic rings. The average Bonchev–Trinajstić information content (AvgIpc) is 2.99. The maximum absolute atomic E-state index is 12.3. The molecule has 0 saturated heterocycles. The molecule has 1 aromatic carbocycles. The molecule has 1 amide bonds. The van der Waals surface area contributed by atoms with E-state index in [1.54, 1.807) is 35.2 Å². The third-order valence-corrected chi connectivity index (χ3v) is 3.77. The molecule has 0 unspecified atom stereocenters. The Morgan fingerprint density at radius 1 is 1.19 bits per heavy atom. The van der Waals surface area contributed by atoms with Gasteiger partial charge in [0.2, 0.25) is 11.6 Å². The second-order valence-electron chi connectivity index (χ2n) is 5.22. The first-order chi connectivity index (χ1) is 12.6. The summed E-state index contributed by atoms with van der Waals surface area (Å²) in [6.45, 7) is 14.9. The topological polar surface area (TPSA) is 105 Å². The molecule has 1 heterocycles. The molecule has 8 nitrogen and oxygen atoms in total. The van der Waals surface area contributed by atoms with Crippen molar-refractivity contribution in [2.75, 3.05) is 31.2 Å². The Morgan fingerprint density at radius 3 is 2.27 bits per heavy atom. The molecule has 0 fully saturated rings. The van der Waals surface area contributed by atoms with E-state index in [2.05, 4.69) is 15.0 Å². The van der Waals surface area contributed by atoms with E-state index in [1.807, 2.05) is 0 Å². The van der Waals surface area contributed by atoms with E-state index < -0.39 is 5.91 Å². The van der Waals surface area contributed by atoms with Gasteiger partial charge in [0.25, 0.3) is 5.70 Å². The van der Waals surface area contributed by atoms with Gasteiger partial charge in [-0.1, -0.05) is 12.1 Å². The number of aliphatic hydroxyl groups is 2. The normalized spacial score (nSPS) is 15.0. The van der Waals surface area contributed by atoms with Crippen LogP contribution in [0.2, 0.25) is 0 Å². The summed E-state index contributed by atoms with van der Waals surface area (Å²) in [4.78, 5) is 20.4. The Labute approximate surface area is 150 Å². The van der Waals surface area contributed by atoms with Gasteiger partial charge in [-0.15, -0.1) is 0 Å². The van der Waals surface area contributed by atoms with Crippen molar-refractivity contribution in [3.8, 4) is 6.07 Å². The molecule has 0 atom stereocenters. The minimum Gasteiger partial charge on any atom is -0.395 e. The van der Waals surface area contributed by atoms with Crippen LogP contribution < -0.4 is 10.2 Å². The summed E-state index contributed by atoms with van der Waals surface area (Å²) in [5.41, 5.74) is 0.862. The van der Waals surface area contributed by atoms with E-state index in [0.29, 0.717) is 18.7 Å². The van der Waals surface area contributed by atoms with Crippen LogP contribution in [-0.4, -0.2) is 42.4 Å². The van der Waals surface area contributed by atoms with Crippen LogP contribution in [0, 0.1) is 24.5 Å². The molecule has 0 bridgehead atoms. The Morgan fingerprint density at radius 2 is 1.81 bits per heavy atom. The quantitative estimate of drug-likeness (QED) is 0.523. The molecule has 3 N–H and O–H groups in total. The number of nitrogens with one attached hydrogen (secondary N) is 1. The van der Waals surface area contributed by atoms with E-state index in [9.17, 15) is 4.79 Å². The SMILES string of the molecule is [C-]#[N+]C1=C(c2ccc(N(CCO)CCO)cc2)C(=O)N/C1=C(\C#N)[N+]#[C-]. The molecule has 0 radical (unpaired) electrons. The van der Waals surface area contributed by atoms with Gasteiger partial charge in [0.1, 0.15) is 0 Å². The molecule has 8 heteroatoms. The van der Waals surface area contributed by atoms with Crippen molar-refractivity contribution < 1.29 is 15.0 Å². The fourth-order valence-corrected chi connectivity index (χ4v) is 2.61. The fraction of sp³-hybridized carbons (Fsp3) is 0.222. The molecule has 0 saturated carbocycles. The van der Waals surface area contributed by atoms with Gasteiger partial charge in [0.15, 0.2) is 0 Å². The third kappa shape index (κ3) is 3.55. The molecule has 1 aliphatic heterocycles. The van der Waals surface area contributed by atoms with E-state index >= 15 is 0 Å². The molecule has 130 valence electrons. The largest absolute Gasteiger partial charge is 0.395 e. The number of hydrogen-bond acceptors (Lipinski definition) is 5. The van der Waals surface area contributed by atoms with Gasteiger partial charge >= 0.3 is 0 Å². The molecule has 0 spiro atoms. The van der Waals surface area contributed by atoms with Crippen LogP contribution in [0.25, 0.3) is 15.3 Å². The Kier molecular flexibility index (Phi) is 6.08. The summed E-state index contributed by atoms with van der Waals surface area (Å²) >= 11 is 0. The van der Waals surface area contributed by atoms with Crippen LogP contribution in [0.3, 0.4) is 0 Å². The predicted molar refractivity (Wildman–Crippen MR) is 93.7 cm³/mol. The van der Waals surface area contributed by atoms with E-state index in [1.165, 1.54) is 0 Å². The second-order valence-corrected chi connectivity index (χ2v) is 5.22. The number of aliphatic hydroxyl groups excluding tert-OH is 2. The number of nitrogens with zero attached hydrogens (tertiary/aromatic N) is 4.